The molecule has 142 valence electrons. The van der Waals surface area contributed by atoms with Crippen LogP contribution < -0.4 is 14.2 Å². The molecule has 5 nitrogen and oxygen atoms in total. The first-order chi connectivity index (χ1) is 13.5. The van der Waals surface area contributed by atoms with Gasteiger partial charge in [0.25, 0.3) is 0 Å². The molecule has 0 heterocycles. The fraction of sp³-hybridized carbons (Fsp3) is 0.0909. The molecule has 0 saturated heterocycles. The van der Waals surface area contributed by atoms with Crippen LogP contribution in [0.15, 0.2) is 66.7 Å². The summed E-state index contributed by atoms with van der Waals surface area (Å²) < 4.78 is 17.1. The number of benzene rings is 3. The van der Waals surface area contributed by atoms with Crippen LogP contribution in [0.5, 0.6) is 17.2 Å². The molecule has 3 rings (SSSR count). The van der Waals surface area contributed by atoms with Crippen molar-refractivity contribution in [3.63, 3.8) is 0 Å². The van der Waals surface area contributed by atoms with E-state index in [-0.39, 0.29) is 17.1 Å². The molecule has 0 aliphatic rings. The molecule has 0 N–H and O–H groups in total. The number of aryl methyl sites for hydroxylation is 1. The number of ether oxygens (including phenoxy) is 3. The molecule has 28 heavy (non-hydrogen) atoms. The maximum Gasteiger partial charge on any atom is 0.343 e. The molecule has 0 aliphatic carbocycles. The van der Waals surface area contributed by atoms with Gasteiger partial charge >= 0.3 is 11.9 Å². The molecule has 0 aliphatic heterocycles. The Morgan fingerprint density at radius 3 is 2.00 bits per heavy atom. The number of esters is 2. The monoisotopic (exact) mass is 488 g/mol. The Hall–Kier alpha value is -2.87. The zero-order valence-corrected chi connectivity index (χ0v) is 17.4. The van der Waals surface area contributed by atoms with Crippen LogP contribution in [0.4, 0.5) is 0 Å². The van der Waals surface area contributed by atoms with Crippen molar-refractivity contribution in [3.8, 4) is 17.2 Å². The number of halogens is 1. The van der Waals surface area contributed by atoms with Gasteiger partial charge in [-0.25, -0.2) is 9.59 Å². The van der Waals surface area contributed by atoms with Gasteiger partial charge in [0.05, 0.1) is 18.2 Å². The second-order valence-corrected chi connectivity index (χ2v) is 7.21. The van der Waals surface area contributed by atoms with E-state index < -0.39 is 11.9 Å². The van der Waals surface area contributed by atoms with E-state index in [2.05, 4.69) is 22.6 Å². The molecule has 3 aromatic rings. The van der Waals surface area contributed by atoms with E-state index in [1.807, 2.05) is 31.2 Å². The van der Waals surface area contributed by atoms with Crippen molar-refractivity contribution in [2.45, 2.75) is 6.92 Å². The van der Waals surface area contributed by atoms with Crippen molar-refractivity contribution >= 4 is 34.5 Å². The minimum absolute atomic E-state index is 0.220. The van der Waals surface area contributed by atoms with Crippen molar-refractivity contribution in [2.75, 3.05) is 7.11 Å². The highest BCUT2D eigenvalue weighted by molar-refractivity contribution is 14.1. The normalized spacial score (nSPS) is 10.2. The van der Waals surface area contributed by atoms with Crippen LogP contribution in [0.1, 0.15) is 26.3 Å². The minimum Gasteiger partial charge on any atom is -0.493 e. The molecule has 0 unspecified atom stereocenters. The van der Waals surface area contributed by atoms with E-state index in [0.29, 0.717) is 11.3 Å². The van der Waals surface area contributed by atoms with Gasteiger partial charge in [0.15, 0.2) is 11.5 Å². The van der Waals surface area contributed by atoms with E-state index in [0.717, 1.165) is 9.13 Å². The summed E-state index contributed by atoms with van der Waals surface area (Å²) in [6, 6.07) is 18.7. The van der Waals surface area contributed by atoms with Crippen LogP contribution in [0.2, 0.25) is 0 Å². The SMILES string of the molecule is COc1cc(C(=O)Oc2ccc(C)cc2)ccc1OC(=O)c1ccc(I)cc1. The lowest BCUT2D eigenvalue weighted by Crippen LogP contribution is -2.11. The number of methoxy groups -OCH3 is 1. The summed E-state index contributed by atoms with van der Waals surface area (Å²) in [5.74, 6) is -0.110. The molecular weight excluding hydrogens is 471 g/mol. The Balaban J connectivity index is 1.75. The van der Waals surface area contributed by atoms with E-state index in [9.17, 15) is 9.59 Å². The van der Waals surface area contributed by atoms with Crippen LogP contribution in [0, 0.1) is 10.5 Å². The van der Waals surface area contributed by atoms with Gasteiger partial charge in [-0.3, -0.25) is 0 Å². The summed E-state index contributed by atoms with van der Waals surface area (Å²) in [7, 11) is 1.44. The van der Waals surface area contributed by atoms with Crippen molar-refractivity contribution < 1.29 is 23.8 Å². The topological polar surface area (TPSA) is 61.8 Å². The Morgan fingerprint density at radius 1 is 0.750 bits per heavy atom. The number of rotatable bonds is 5. The van der Waals surface area contributed by atoms with Crippen LogP contribution in [-0.2, 0) is 0 Å². The molecule has 0 spiro atoms. The molecular formula is C22H17IO5. The van der Waals surface area contributed by atoms with Crippen molar-refractivity contribution in [1.29, 1.82) is 0 Å². The lowest BCUT2D eigenvalue weighted by atomic mass is 10.2. The maximum absolute atomic E-state index is 12.4. The van der Waals surface area contributed by atoms with Crippen molar-refractivity contribution in [1.82, 2.24) is 0 Å². The lowest BCUT2D eigenvalue weighted by molar-refractivity contribution is 0.0728. The van der Waals surface area contributed by atoms with E-state index in [1.165, 1.54) is 25.3 Å². The fourth-order valence-corrected chi connectivity index (χ4v) is 2.76. The molecule has 0 amide bonds. The first-order valence-electron chi connectivity index (χ1n) is 8.41. The molecule has 0 saturated carbocycles. The third kappa shape index (κ3) is 4.89. The van der Waals surface area contributed by atoms with Crippen LogP contribution in [0.25, 0.3) is 0 Å². The van der Waals surface area contributed by atoms with Gasteiger partial charge in [-0.15, -0.1) is 0 Å². The van der Waals surface area contributed by atoms with Gasteiger partial charge in [-0.05, 0) is 84.1 Å². The fourth-order valence-electron chi connectivity index (χ4n) is 2.40. The Morgan fingerprint density at radius 2 is 1.36 bits per heavy atom. The first-order valence-corrected chi connectivity index (χ1v) is 9.49. The maximum atomic E-state index is 12.4. The highest BCUT2D eigenvalue weighted by Crippen LogP contribution is 2.29. The smallest absolute Gasteiger partial charge is 0.343 e. The Kier molecular flexibility index (Phi) is 6.30. The van der Waals surface area contributed by atoms with Crippen molar-refractivity contribution in [3.05, 3.63) is 87.0 Å². The zero-order valence-electron chi connectivity index (χ0n) is 15.3. The van der Waals surface area contributed by atoms with Crippen LogP contribution in [0.3, 0.4) is 0 Å². The predicted octanol–water partition coefficient (Wildman–Crippen LogP) is 5.05. The summed E-state index contributed by atoms with van der Waals surface area (Å²) in [5.41, 5.74) is 1.78. The molecule has 3 aromatic carbocycles. The van der Waals surface area contributed by atoms with Gasteiger partial charge in [0.1, 0.15) is 5.75 Å². The second-order valence-electron chi connectivity index (χ2n) is 5.96. The lowest BCUT2D eigenvalue weighted by Gasteiger charge is -2.11. The summed E-state index contributed by atoms with van der Waals surface area (Å²) in [5, 5.41) is 0. The molecule has 6 heteroatoms. The summed E-state index contributed by atoms with van der Waals surface area (Å²) >= 11 is 2.16. The molecule has 0 aromatic heterocycles. The number of carbonyl (C=O) groups is 2. The highest BCUT2D eigenvalue weighted by Gasteiger charge is 2.16. The average Bonchev–Trinajstić information content (AvgIpc) is 2.70. The number of hydrogen-bond donors (Lipinski definition) is 0. The third-order valence-corrected chi connectivity index (χ3v) is 4.63. The minimum atomic E-state index is -0.530. The van der Waals surface area contributed by atoms with Crippen molar-refractivity contribution in [2.24, 2.45) is 0 Å². The van der Waals surface area contributed by atoms with Gasteiger partial charge in [-0.1, -0.05) is 17.7 Å². The number of carbonyl (C=O) groups excluding carboxylic acids is 2. The largest absolute Gasteiger partial charge is 0.493 e. The summed E-state index contributed by atoms with van der Waals surface area (Å²) in [6.07, 6.45) is 0. The standard InChI is InChI=1S/C22H17IO5/c1-14-3-10-18(11-4-14)27-22(25)16-7-12-19(20(13-16)26-2)28-21(24)15-5-8-17(23)9-6-15/h3-13H,1-2H3. The average molecular weight is 488 g/mol. The number of hydrogen-bond acceptors (Lipinski definition) is 5. The summed E-state index contributed by atoms with van der Waals surface area (Å²) in [6.45, 7) is 1.95. The molecule has 0 fully saturated rings. The van der Waals surface area contributed by atoms with Gasteiger partial charge in [0, 0.05) is 3.57 Å². The van der Waals surface area contributed by atoms with Gasteiger partial charge in [0.2, 0.25) is 0 Å². The van der Waals surface area contributed by atoms with Gasteiger partial charge in [-0.2, -0.15) is 0 Å². The second kappa shape index (κ2) is 8.88. The van der Waals surface area contributed by atoms with E-state index in [1.54, 1.807) is 24.3 Å². The Labute approximate surface area is 176 Å². The quantitative estimate of drug-likeness (QED) is 0.286. The highest BCUT2D eigenvalue weighted by atomic mass is 127. The molecule has 0 atom stereocenters. The molecule has 0 radical (unpaired) electrons. The zero-order chi connectivity index (χ0) is 20.1. The van der Waals surface area contributed by atoms with E-state index >= 15 is 0 Å². The first kappa shape index (κ1) is 19.9. The van der Waals surface area contributed by atoms with E-state index in [4.69, 9.17) is 14.2 Å². The van der Waals surface area contributed by atoms with Crippen LogP contribution in [-0.4, -0.2) is 19.0 Å². The van der Waals surface area contributed by atoms with Crippen LogP contribution >= 0.6 is 22.6 Å². The van der Waals surface area contributed by atoms with Gasteiger partial charge < -0.3 is 14.2 Å². The predicted molar refractivity (Wildman–Crippen MR) is 113 cm³/mol. The molecule has 0 bridgehead atoms. The third-order valence-electron chi connectivity index (χ3n) is 3.91. The summed E-state index contributed by atoms with van der Waals surface area (Å²) in [4.78, 5) is 24.7. The Bertz CT molecular complexity index is 994.